The van der Waals surface area contributed by atoms with Crippen LogP contribution in [-0.4, -0.2) is 4.37 Å². The summed E-state index contributed by atoms with van der Waals surface area (Å²) in [6.07, 6.45) is 0. The van der Waals surface area contributed by atoms with Crippen LogP contribution in [0.4, 0.5) is 0 Å². The summed E-state index contributed by atoms with van der Waals surface area (Å²) in [5, 5.41) is 1.44. The number of benzene rings is 1. The number of halogens is 1. The summed E-state index contributed by atoms with van der Waals surface area (Å²) >= 11 is 7.87. The molecule has 2 nitrogen and oxygen atoms in total. The van der Waals surface area contributed by atoms with Gasteiger partial charge in [0.15, 0.2) is 0 Å². The fourth-order valence-corrected chi connectivity index (χ4v) is 2.46. The molecular formula is C8H4ClNOS2. The largest absolute Gasteiger partial charge is 0.306 e. The Kier molecular flexibility index (Phi) is 2.44. The molecule has 0 radical (unpaired) electrons. The maximum absolute atomic E-state index is 10.9. The average molecular weight is 230 g/mol. The van der Waals surface area contributed by atoms with E-state index in [1.165, 1.54) is 0 Å². The minimum atomic E-state index is 0.0185. The van der Waals surface area contributed by atoms with E-state index < -0.39 is 0 Å². The molecule has 0 saturated carbocycles. The Morgan fingerprint density at radius 1 is 1.23 bits per heavy atom. The molecule has 5 heteroatoms. The van der Waals surface area contributed by atoms with Crippen molar-refractivity contribution in [3.05, 3.63) is 38.1 Å². The number of rotatable bonds is 1. The van der Waals surface area contributed by atoms with E-state index in [-0.39, 0.29) is 4.06 Å². The first-order valence-corrected chi connectivity index (χ1v) is 5.45. The molecule has 1 heterocycles. The standard InChI is InChI=1S/C8H4ClNOS2/c9-6-3-1-5(2-4-6)7-10-13-8(11)12-7/h1-4H. The number of aromatic nitrogens is 1. The van der Waals surface area contributed by atoms with Crippen LogP contribution in [-0.2, 0) is 0 Å². The fraction of sp³-hybridized carbons (Fsp3) is 0. The van der Waals surface area contributed by atoms with Gasteiger partial charge in [0.1, 0.15) is 5.01 Å². The lowest BCUT2D eigenvalue weighted by Crippen LogP contribution is -1.75. The molecule has 0 saturated heterocycles. The van der Waals surface area contributed by atoms with Crippen LogP contribution in [0.25, 0.3) is 10.6 Å². The molecule has 0 N–H and O–H groups in total. The third kappa shape index (κ3) is 1.96. The molecule has 0 spiro atoms. The van der Waals surface area contributed by atoms with Crippen LogP contribution in [0.5, 0.6) is 0 Å². The summed E-state index contributed by atoms with van der Waals surface area (Å²) in [6, 6.07) is 7.28. The minimum Gasteiger partial charge on any atom is -0.264 e. The lowest BCUT2D eigenvalue weighted by molar-refractivity contribution is 1.57. The van der Waals surface area contributed by atoms with Crippen molar-refractivity contribution in [2.24, 2.45) is 0 Å². The number of nitrogens with zero attached hydrogens (tertiary/aromatic N) is 1. The maximum atomic E-state index is 10.9. The number of hydrogen-bond acceptors (Lipinski definition) is 4. The molecule has 2 rings (SSSR count). The first kappa shape index (κ1) is 8.87. The highest BCUT2D eigenvalue weighted by atomic mass is 35.5. The van der Waals surface area contributed by atoms with Gasteiger partial charge in [-0.25, -0.2) is 0 Å². The first-order valence-electron chi connectivity index (χ1n) is 3.48. The Balaban J connectivity index is 2.47. The summed E-state index contributed by atoms with van der Waals surface area (Å²) in [5.41, 5.74) is 0.938. The summed E-state index contributed by atoms with van der Waals surface area (Å²) in [5.74, 6) is 0. The van der Waals surface area contributed by atoms with Crippen LogP contribution in [0.2, 0.25) is 5.02 Å². The van der Waals surface area contributed by atoms with E-state index in [0.29, 0.717) is 5.02 Å². The van der Waals surface area contributed by atoms with Crippen LogP contribution < -0.4 is 4.06 Å². The van der Waals surface area contributed by atoms with Gasteiger partial charge < -0.3 is 0 Å². The molecule has 13 heavy (non-hydrogen) atoms. The van der Waals surface area contributed by atoms with Crippen molar-refractivity contribution in [1.29, 1.82) is 0 Å². The zero-order valence-corrected chi connectivity index (χ0v) is 8.75. The van der Waals surface area contributed by atoms with Gasteiger partial charge in [-0.15, -0.1) is 0 Å². The minimum absolute atomic E-state index is 0.0185. The summed E-state index contributed by atoms with van der Waals surface area (Å²) in [6.45, 7) is 0. The zero-order valence-electron chi connectivity index (χ0n) is 6.36. The van der Waals surface area contributed by atoms with Crippen molar-refractivity contribution < 1.29 is 0 Å². The second-order valence-electron chi connectivity index (χ2n) is 2.35. The van der Waals surface area contributed by atoms with Crippen molar-refractivity contribution >= 4 is 34.5 Å². The van der Waals surface area contributed by atoms with Crippen LogP contribution in [0, 0.1) is 0 Å². The SMILES string of the molecule is O=c1snc(-c2ccc(Cl)cc2)s1. The van der Waals surface area contributed by atoms with Crippen molar-refractivity contribution in [3.8, 4) is 10.6 Å². The Hall–Kier alpha value is -0.710. The lowest BCUT2D eigenvalue weighted by Gasteiger charge is -1.93. The highest BCUT2D eigenvalue weighted by Crippen LogP contribution is 2.22. The smallest absolute Gasteiger partial charge is 0.264 e. The topological polar surface area (TPSA) is 30.0 Å². The van der Waals surface area contributed by atoms with E-state index in [1.54, 1.807) is 12.1 Å². The monoisotopic (exact) mass is 229 g/mol. The summed E-state index contributed by atoms with van der Waals surface area (Å²) in [4.78, 5) is 10.9. The van der Waals surface area contributed by atoms with Gasteiger partial charge in [-0.05, 0) is 12.1 Å². The molecule has 1 aromatic heterocycles. The summed E-state index contributed by atoms with van der Waals surface area (Å²) < 4.78 is 4.04. The molecule has 0 aliphatic rings. The van der Waals surface area contributed by atoms with Crippen molar-refractivity contribution in [2.75, 3.05) is 0 Å². The van der Waals surface area contributed by atoms with E-state index in [1.807, 2.05) is 12.1 Å². The van der Waals surface area contributed by atoms with Gasteiger partial charge in [-0.3, -0.25) is 4.79 Å². The Morgan fingerprint density at radius 2 is 1.92 bits per heavy atom. The molecule has 0 amide bonds. The van der Waals surface area contributed by atoms with E-state index in [4.69, 9.17) is 11.6 Å². The maximum Gasteiger partial charge on any atom is 0.306 e. The first-order chi connectivity index (χ1) is 6.25. The van der Waals surface area contributed by atoms with Gasteiger partial charge in [0.25, 0.3) is 0 Å². The molecule has 0 fully saturated rings. The number of hydrogen-bond donors (Lipinski definition) is 0. The second-order valence-corrected chi connectivity index (χ2v) is 4.74. The van der Waals surface area contributed by atoms with Crippen molar-refractivity contribution in [1.82, 2.24) is 4.37 Å². The molecule has 0 aliphatic carbocycles. The van der Waals surface area contributed by atoms with Crippen LogP contribution in [0.1, 0.15) is 0 Å². The lowest BCUT2D eigenvalue weighted by atomic mass is 10.2. The van der Waals surface area contributed by atoms with E-state index >= 15 is 0 Å². The molecule has 66 valence electrons. The van der Waals surface area contributed by atoms with Gasteiger partial charge in [0, 0.05) is 22.1 Å². The Bertz CT molecular complexity index is 459. The van der Waals surface area contributed by atoms with Gasteiger partial charge in [0.05, 0.1) is 0 Å². The van der Waals surface area contributed by atoms with E-state index in [0.717, 1.165) is 33.4 Å². The zero-order chi connectivity index (χ0) is 9.26. The fourth-order valence-electron chi connectivity index (χ4n) is 0.899. The van der Waals surface area contributed by atoms with E-state index in [2.05, 4.69) is 4.37 Å². The second kappa shape index (κ2) is 3.57. The molecule has 0 atom stereocenters. The quantitative estimate of drug-likeness (QED) is 0.753. The Labute approximate surface area is 87.6 Å². The third-order valence-electron chi connectivity index (χ3n) is 1.47. The highest BCUT2D eigenvalue weighted by molar-refractivity contribution is 7.25. The molecule has 0 aliphatic heterocycles. The Morgan fingerprint density at radius 3 is 2.46 bits per heavy atom. The van der Waals surface area contributed by atoms with Crippen molar-refractivity contribution in [3.63, 3.8) is 0 Å². The average Bonchev–Trinajstić information content (AvgIpc) is 2.53. The van der Waals surface area contributed by atoms with Gasteiger partial charge in [-0.1, -0.05) is 35.1 Å². The van der Waals surface area contributed by atoms with Crippen molar-refractivity contribution in [2.45, 2.75) is 0 Å². The summed E-state index contributed by atoms with van der Waals surface area (Å²) in [7, 11) is 0. The van der Waals surface area contributed by atoms with Crippen LogP contribution in [0.3, 0.4) is 0 Å². The molecule has 1 aromatic carbocycles. The predicted octanol–water partition coefficient (Wildman–Crippen LogP) is 2.89. The van der Waals surface area contributed by atoms with Crippen LogP contribution >= 0.6 is 34.5 Å². The molecule has 0 unspecified atom stereocenters. The van der Waals surface area contributed by atoms with Gasteiger partial charge >= 0.3 is 4.06 Å². The van der Waals surface area contributed by atoms with E-state index in [9.17, 15) is 4.79 Å². The molecule has 0 bridgehead atoms. The van der Waals surface area contributed by atoms with Crippen LogP contribution in [0.15, 0.2) is 29.1 Å². The highest BCUT2D eigenvalue weighted by Gasteiger charge is 2.02. The van der Waals surface area contributed by atoms with Gasteiger partial charge in [0.2, 0.25) is 0 Å². The molecular weight excluding hydrogens is 226 g/mol. The molecule has 2 aromatic rings. The third-order valence-corrected chi connectivity index (χ3v) is 3.43. The predicted molar refractivity (Wildman–Crippen MR) is 56.7 cm³/mol. The normalized spacial score (nSPS) is 10.2. The van der Waals surface area contributed by atoms with Gasteiger partial charge in [-0.2, -0.15) is 4.37 Å².